The van der Waals surface area contributed by atoms with Gasteiger partial charge in [0.15, 0.2) is 0 Å². The highest BCUT2D eigenvalue weighted by Crippen LogP contribution is 2.36. The smallest absolute Gasteiger partial charge is 0.351 e. The minimum absolute atomic E-state index is 0.0199. The van der Waals surface area contributed by atoms with Gasteiger partial charge < -0.3 is 5.32 Å². The largest absolute Gasteiger partial charge is 0.416 e. The normalized spacial score (nSPS) is 15.3. The molecule has 190 valence electrons. The second-order valence-electron chi connectivity index (χ2n) is 9.17. The van der Waals surface area contributed by atoms with E-state index in [9.17, 15) is 22.8 Å². The molecule has 4 rings (SSSR count). The van der Waals surface area contributed by atoms with Gasteiger partial charge in [-0.1, -0.05) is 55.7 Å². The number of thiophene rings is 1. The Morgan fingerprint density at radius 3 is 2.44 bits per heavy atom. The van der Waals surface area contributed by atoms with Gasteiger partial charge in [-0.25, -0.2) is 0 Å². The third kappa shape index (κ3) is 6.16. The van der Waals surface area contributed by atoms with E-state index >= 15 is 0 Å². The summed E-state index contributed by atoms with van der Waals surface area (Å²) >= 11 is 1.39. The molecule has 36 heavy (non-hydrogen) atoms. The molecule has 0 aliphatic heterocycles. The number of nitrogens with one attached hydrogen (secondary N) is 1. The third-order valence-electron chi connectivity index (χ3n) is 6.57. The first-order valence-electron chi connectivity index (χ1n) is 12.1. The summed E-state index contributed by atoms with van der Waals surface area (Å²) in [4.78, 5) is 29.6. The standard InChI is InChI=1S/C28H29F3N2O2S/c1-19-9-5-6-15-24(19)26(27(35)32-21-11-3-2-4-12-21)33(25(34)18-23-14-8-16-36-23)22-13-7-10-20(17-22)28(29,30)31/h5-10,13-17,21,26H,2-4,11-12,18H2,1H3,(H,32,35). The molecule has 0 spiro atoms. The first-order valence-corrected chi connectivity index (χ1v) is 13.0. The zero-order chi connectivity index (χ0) is 25.7. The Labute approximate surface area is 213 Å². The molecule has 1 atom stereocenters. The predicted octanol–water partition coefficient (Wildman–Crippen LogP) is 6.84. The van der Waals surface area contributed by atoms with Gasteiger partial charge in [-0.05, 0) is 60.5 Å². The lowest BCUT2D eigenvalue weighted by atomic mass is 9.93. The average molecular weight is 515 g/mol. The summed E-state index contributed by atoms with van der Waals surface area (Å²) in [5.74, 6) is -0.822. The molecule has 1 fully saturated rings. The van der Waals surface area contributed by atoms with Crippen LogP contribution in [0.15, 0.2) is 66.0 Å². The first kappa shape index (κ1) is 25.9. The number of amides is 2. The van der Waals surface area contributed by atoms with Crippen LogP contribution in [0.2, 0.25) is 0 Å². The fraction of sp³-hybridized carbons (Fsp3) is 0.357. The van der Waals surface area contributed by atoms with Crippen LogP contribution < -0.4 is 10.2 Å². The molecule has 1 N–H and O–H groups in total. The van der Waals surface area contributed by atoms with Crippen LogP contribution >= 0.6 is 11.3 Å². The van der Waals surface area contributed by atoms with Crippen LogP contribution in [0, 0.1) is 6.92 Å². The third-order valence-corrected chi connectivity index (χ3v) is 7.44. The van der Waals surface area contributed by atoms with Crippen molar-refractivity contribution in [1.29, 1.82) is 0 Å². The van der Waals surface area contributed by atoms with Crippen LogP contribution in [0.5, 0.6) is 0 Å². The predicted molar refractivity (Wildman–Crippen MR) is 136 cm³/mol. The summed E-state index contributed by atoms with van der Waals surface area (Å²) in [6.45, 7) is 1.84. The van der Waals surface area contributed by atoms with Crippen molar-refractivity contribution >= 4 is 28.8 Å². The summed E-state index contributed by atoms with van der Waals surface area (Å²) < 4.78 is 40.8. The van der Waals surface area contributed by atoms with E-state index in [2.05, 4.69) is 5.32 Å². The number of alkyl halides is 3. The van der Waals surface area contributed by atoms with Gasteiger partial charge in [0.25, 0.3) is 0 Å². The van der Waals surface area contributed by atoms with Crippen molar-refractivity contribution in [3.05, 3.63) is 87.6 Å². The highest BCUT2D eigenvalue weighted by atomic mass is 32.1. The van der Waals surface area contributed by atoms with E-state index in [0.717, 1.165) is 54.7 Å². The molecule has 8 heteroatoms. The molecule has 1 heterocycles. The summed E-state index contributed by atoms with van der Waals surface area (Å²) in [6.07, 6.45) is 0.221. The quantitative estimate of drug-likeness (QED) is 0.375. The SMILES string of the molecule is Cc1ccccc1C(C(=O)NC1CCCCC1)N(C(=O)Cc1cccs1)c1cccc(C(F)(F)F)c1. The van der Waals surface area contributed by atoms with Crippen molar-refractivity contribution < 1.29 is 22.8 Å². The van der Waals surface area contributed by atoms with Crippen LogP contribution in [0.3, 0.4) is 0 Å². The lowest BCUT2D eigenvalue weighted by Gasteiger charge is -2.34. The van der Waals surface area contributed by atoms with Gasteiger partial charge in [0.2, 0.25) is 11.8 Å². The van der Waals surface area contributed by atoms with Crippen molar-refractivity contribution in [3.63, 3.8) is 0 Å². The van der Waals surface area contributed by atoms with Gasteiger partial charge in [0, 0.05) is 16.6 Å². The van der Waals surface area contributed by atoms with E-state index in [1.165, 1.54) is 28.4 Å². The fourth-order valence-corrected chi connectivity index (χ4v) is 5.43. The van der Waals surface area contributed by atoms with Crippen molar-refractivity contribution in [1.82, 2.24) is 5.32 Å². The lowest BCUT2D eigenvalue weighted by molar-refractivity contribution is -0.137. The molecule has 1 aliphatic carbocycles. The van der Waals surface area contributed by atoms with Crippen molar-refractivity contribution in [3.8, 4) is 0 Å². The minimum Gasteiger partial charge on any atom is -0.351 e. The Bertz CT molecular complexity index is 1190. The van der Waals surface area contributed by atoms with E-state index in [1.807, 2.05) is 30.5 Å². The molecule has 0 bridgehead atoms. The second-order valence-corrected chi connectivity index (χ2v) is 10.2. The monoisotopic (exact) mass is 514 g/mol. The van der Waals surface area contributed by atoms with E-state index in [0.29, 0.717) is 5.56 Å². The summed E-state index contributed by atoms with van der Waals surface area (Å²) in [5, 5.41) is 4.94. The molecule has 0 saturated heterocycles. The number of hydrogen-bond acceptors (Lipinski definition) is 3. The Kier molecular flexibility index (Phi) is 8.14. The van der Waals surface area contributed by atoms with Gasteiger partial charge in [0.1, 0.15) is 6.04 Å². The Hall–Kier alpha value is -3.13. The molecule has 0 radical (unpaired) electrons. The zero-order valence-corrected chi connectivity index (χ0v) is 20.9. The number of hydrogen-bond donors (Lipinski definition) is 1. The Morgan fingerprint density at radius 1 is 1.03 bits per heavy atom. The van der Waals surface area contributed by atoms with Gasteiger partial charge in [-0.2, -0.15) is 13.2 Å². The Morgan fingerprint density at radius 2 is 1.78 bits per heavy atom. The summed E-state index contributed by atoms with van der Waals surface area (Å²) in [6, 6.07) is 14.4. The fourth-order valence-electron chi connectivity index (χ4n) is 4.73. The maximum atomic E-state index is 13.8. The average Bonchev–Trinajstić information content (AvgIpc) is 3.36. The number of benzene rings is 2. The number of anilines is 1. The number of carbonyl (C=O) groups is 2. The van der Waals surface area contributed by atoms with Crippen molar-refractivity contribution in [2.24, 2.45) is 0 Å². The van der Waals surface area contributed by atoms with Crippen LogP contribution in [0.25, 0.3) is 0 Å². The molecule has 1 unspecified atom stereocenters. The molecule has 2 aromatic carbocycles. The topological polar surface area (TPSA) is 49.4 Å². The molecule has 2 amide bonds. The molecule has 1 aromatic heterocycles. The van der Waals surface area contributed by atoms with Gasteiger partial charge in [0.05, 0.1) is 12.0 Å². The maximum absolute atomic E-state index is 13.8. The van der Waals surface area contributed by atoms with Crippen LogP contribution in [-0.2, 0) is 22.2 Å². The lowest BCUT2D eigenvalue weighted by Crippen LogP contribution is -2.48. The number of nitrogens with zero attached hydrogens (tertiary/aromatic N) is 1. The zero-order valence-electron chi connectivity index (χ0n) is 20.1. The van der Waals surface area contributed by atoms with E-state index in [1.54, 1.807) is 18.2 Å². The number of aryl methyl sites for hydroxylation is 1. The molecular weight excluding hydrogens is 485 g/mol. The first-order chi connectivity index (χ1) is 17.2. The minimum atomic E-state index is -4.58. The highest BCUT2D eigenvalue weighted by molar-refractivity contribution is 7.10. The van der Waals surface area contributed by atoms with Gasteiger partial charge in [-0.15, -0.1) is 11.3 Å². The van der Waals surface area contributed by atoms with Crippen molar-refractivity contribution in [2.75, 3.05) is 4.90 Å². The van der Waals surface area contributed by atoms with Gasteiger partial charge >= 0.3 is 6.18 Å². The molecule has 1 saturated carbocycles. The highest BCUT2D eigenvalue weighted by Gasteiger charge is 2.37. The van der Waals surface area contributed by atoms with E-state index in [-0.39, 0.29) is 24.1 Å². The number of halogens is 3. The van der Waals surface area contributed by atoms with Gasteiger partial charge in [-0.3, -0.25) is 14.5 Å². The molecule has 4 nitrogen and oxygen atoms in total. The van der Waals surface area contributed by atoms with E-state index in [4.69, 9.17) is 0 Å². The number of carbonyl (C=O) groups excluding carboxylic acids is 2. The molecule has 3 aromatic rings. The Balaban J connectivity index is 1.81. The summed E-state index contributed by atoms with van der Waals surface area (Å²) in [5.41, 5.74) is 0.536. The molecule has 1 aliphatic rings. The number of rotatable bonds is 7. The maximum Gasteiger partial charge on any atom is 0.416 e. The van der Waals surface area contributed by atoms with Crippen molar-refractivity contribution in [2.45, 2.75) is 63.7 Å². The molecular formula is C28H29F3N2O2S. The van der Waals surface area contributed by atoms with Crippen LogP contribution in [0.4, 0.5) is 18.9 Å². The van der Waals surface area contributed by atoms with Crippen LogP contribution in [0.1, 0.15) is 59.7 Å². The summed E-state index contributed by atoms with van der Waals surface area (Å²) in [7, 11) is 0. The second kappa shape index (κ2) is 11.3. The van der Waals surface area contributed by atoms with Crippen LogP contribution in [-0.4, -0.2) is 17.9 Å². The van der Waals surface area contributed by atoms with E-state index < -0.39 is 23.7 Å².